The monoisotopic (exact) mass is 618 g/mol. The summed E-state index contributed by atoms with van der Waals surface area (Å²) in [4.78, 5) is 0. The zero-order chi connectivity index (χ0) is 31.5. The molecule has 0 aliphatic rings. The minimum atomic E-state index is -3.46. The molecule has 3 N–H and O–H groups in total. The molecule has 0 saturated carbocycles. The van der Waals surface area contributed by atoms with Crippen molar-refractivity contribution >= 4 is 15.7 Å². The van der Waals surface area contributed by atoms with E-state index in [9.17, 15) is 13.5 Å². The molecule has 4 aromatic carbocycles. The number of hydrogen-bond acceptors (Lipinski definition) is 7. The third-order valence-corrected chi connectivity index (χ3v) is 8.05. The molecule has 8 nitrogen and oxygen atoms in total. The fourth-order valence-corrected chi connectivity index (χ4v) is 5.74. The maximum absolute atomic E-state index is 11.8. The summed E-state index contributed by atoms with van der Waals surface area (Å²) in [7, 11) is -0.151. The summed E-state index contributed by atoms with van der Waals surface area (Å²) in [6, 6.07) is 32.9. The number of anilines is 1. The lowest BCUT2D eigenvalue weighted by Crippen LogP contribution is -2.38. The van der Waals surface area contributed by atoms with Crippen LogP contribution in [-0.4, -0.2) is 52.7 Å². The summed E-state index contributed by atoms with van der Waals surface area (Å²) in [6.07, 6.45) is 0.272. The van der Waals surface area contributed by atoms with Crippen molar-refractivity contribution in [3.05, 3.63) is 125 Å². The van der Waals surface area contributed by atoms with Crippen molar-refractivity contribution < 1.29 is 27.7 Å². The van der Waals surface area contributed by atoms with Gasteiger partial charge in [-0.25, -0.2) is 8.42 Å². The van der Waals surface area contributed by atoms with Crippen molar-refractivity contribution in [2.75, 3.05) is 31.7 Å². The van der Waals surface area contributed by atoms with E-state index in [1.54, 1.807) is 32.4 Å². The molecule has 234 valence electrons. The second-order valence-electron chi connectivity index (χ2n) is 10.9. The lowest BCUT2D eigenvalue weighted by molar-refractivity contribution is -0.0476. The van der Waals surface area contributed by atoms with Crippen LogP contribution in [0.4, 0.5) is 5.69 Å². The van der Waals surface area contributed by atoms with Crippen LogP contribution < -0.4 is 19.5 Å². The molecule has 3 atom stereocenters. The molecule has 4 rings (SSSR count). The Bertz CT molecular complexity index is 1500. The lowest BCUT2D eigenvalue weighted by Gasteiger charge is -2.28. The largest absolute Gasteiger partial charge is 0.497 e. The Morgan fingerprint density at radius 3 is 1.91 bits per heavy atom. The van der Waals surface area contributed by atoms with Crippen molar-refractivity contribution in [1.29, 1.82) is 0 Å². The summed E-state index contributed by atoms with van der Waals surface area (Å²) in [5.41, 5.74) is 4.37. The van der Waals surface area contributed by atoms with Gasteiger partial charge >= 0.3 is 0 Å². The van der Waals surface area contributed by atoms with Gasteiger partial charge in [0.1, 0.15) is 17.6 Å². The van der Waals surface area contributed by atoms with Gasteiger partial charge in [-0.1, -0.05) is 66.7 Å². The van der Waals surface area contributed by atoms with E-state index in [4.69, 9.17) is 14.2 Å². The van der Waals surface area contributed by atoms with Crippen LogP contribution in [0.15, 0.2) is 103 Å². The molecule has 0 heterocycles. The van der Waals surface area contributed by atoms with Crippen LogP contribution in [0.1, 0.15) is 47.6 Å². The Hall–Kier alpha value is -3.89. The summed E-state index contributed by atoms with van der Waals surface area (Å²) < 4.78 is 43.2. The van der Waals surface area contributed by atoms with E-state index in [0.717, 1.165) is 40.9 Å². The normalized spacial score (nSPS) is 13.7. The van der Waals surface area contributed by atoms with Crippen molar-refractivity contribution in [3.63, 3.8) is 0 Å². The summed E-state index contributed by atoms with van der Waals surface area (Å²) in [6.45, 7) is 2.66. The number of benzene rings is 4. The van der Waals surface area contributed by atoms with Gasteiger partial charge in [-0.15, -0.1) is 0 Å². The van der Waals surface area contributed by atoms with Crippen LogP contribution in [0.5, 0.6) is 11.5 Å². The Morgan fingerprint density at radius 1 is 0.773 bits per heavy atom. The van der Waals surface area contributed by atoms with E-state index in [1.807, 2.05) is 60.7 Å². The molecule has 3 unspecified atom stereocenters. The first-order valence-corrected chi connectivity index (χ1v) is 16.5. The fraction of sp³-hybridized carbons (Fsp3) is 0.314. The van der Waals surface area contributed by atoms with E-state index in [2.05, 4.69) is 41.2 Å². The summed E-state index contributed by atoms with van der Waals surface area (Å²) in [5.74, 6) is 1.69. The maximum Gasteiger partial charge on any atom is 0.229 e. The highest BCUT2D eigenvalue weighted by atomic mass is 32.2. The Kier molecular flexibility index (Phi) is 11.8. The number of nitrogens with one attached hydrogen (secondary N) is 2. The molecule has 9 heteroatoms. The Balaban J connectivity index is 1.50. The Morgan fingerprint density at radius 2 is 1.36 bits per heavy atom. The Labute approximate surface area is 261 Å². The molecule has 0 fully saturated rings. The average molecular weight is 619 g/mol. The summed E-state index contributed by atoms with van der Waals surface area (Å²) in [5, 5.41) is 15.0. The van der Waals surface area contributed by atoms with Gasteiger partial charge in [0.2, 0.25) is 10.0 Å². The van der Waals surface area contributed by atoms with Crippen LogP contribution in [0.25, 0.3) is 0 Å². The molecule has 0 spiro atoms. The zero-order valence-electron chi connectivity index (χ0n) is 25.6. The topological polar surface area (TPSA) is 106 Å². The highest BCUT2D eigenvalue weighted by Gasteiger charge is 2.25. The maximum atomic E-state index is 11.8. The van der Waals surface area contributed by atoms with E-state index in [-0.39, 0.29) is 18.5 Å². The smallest absolute Gasteiger partial charge is 0.229 e. The zero-order valence-corrected chi connectivity index (χ0v) is 26.5. The number of aliphatic hydroxyl groups is 1. The molecular weight excluding hydrogens is 576 g/mol. The van der Waals surface area contributed by atoms with Crippen LogP contribution in [0.2, 0.25) is 0 Å². The van der Waals surface area contributed by atoms with E-state index in [1.165, 1.54) is 0 Å². The van der Waals surface area contributed by atoms with E-state index < -0.39 is 22.2 Å². The van der Waals surface area contributed by atoms with Crippen molar-refractivity contribution in [3.8, 4) is 11.5 Å². The molecule has 0 aliphatic carbocycles. The molecular formula is C35H42N2O6S. The van der Waals surface area contributed by atoms with E-state index in [0.29, 0.717) is 17.9 Å². The quantitative estimate of drug-likeness (QED) is 0.144. The number of hydrogen-bond donors (Lipinski definition) is 3. The molecule has 0 amide bonds. The van der Waals surface area contributed by atoms with Crippen molar-refractivity contribution in [2.24, 2.45) is 0 Å². The number of sulfonamides is 1. The first-order chi connectivity index (χ1) is 21.1. The molecule has 0 radical (unpaired) electrons. The molecule has 44 heavy (non-hydrogen) atoms. The van der Waals surface area contributed by atoms with Gasteiger partial charge in [0.25, 0.3) is 0 Å². The fourth-order valence-electron chi connectivity index (χ4n) is 5.19. The van der Waals surface area contributed by atoms with Gasteiger partial charge in [0.05, 0.1) is 33.2 Å². The van der Waals surface area contributed by atoms with Crippen LogP contribution >= 0.6 is 0 Å². The van der Waals surface area contributed by atoms with Crippen molar-refractivity contribution in [1.82, 2.24) is 5.32 Å². The van der Waals surface area contributed by atoms with Gasteiger partial charge in [0, 0.05) is 24.2 Å². The molecule has 0 aromatic heterocycles. The average Bonchev–Trinajstić information content (AvgIpc) is 3.03. The number of rotatable bonds is 16. The second kappa shape index (κ2) is 15.7. The predicted molar refractivity (Wildman–Crippen MR) is 175 cm³/mol. The standard InChI is InChI=1S/C35H42N2O6S/c1-25(21-33(27-13-17-31(41-2)18-14-27)28-15-19-32(42-3)20-16-28)36-23-34(38)35(43-24-26-9-6-5-7-10-26)29-11-8-12-30(22-29)37-44(4,39)40/h5-20,22,25,33-38H,21,23-24H2,1-4H3. The lowest BCUT2D eigenvalue weighted by atomic mass is 9.86. The second-order valence-corrected chi connectivity index (χ2v) is 12.7. The van der Waals surface area contributed by atoms with Crippen LogP contribution in [0.3, 0.4) is 0 Å². The minimum Gasteiger partial charge on any atom is -0.497 e. The number of ether oxygens (including phenoxy) is 3. The van der Waals surface area contributed by atoms with Gasteiger partial charge < -0.3 is 24.6 Å². The first kappa shape index (κ1) is 33.0. The molecule has 0 bridgehead atoms. The summed E-state index contributed by atoms with van der Waals surface area (Å²) >= 11 is 0. The molecule has 0 saturated heterocycles. The van der Waals surface area contributed by atoms with Crippen molar-refractivity contribution in [2.45, 2.75) is 44.1 Å². The van der Waals surface area contributed by atoms with E-state index >= 15 is 0 Å². The van der Waals surface area contributed by atoms with Gasteiger partial charge in [-0.3, -0.25) is 4.72 Å². The number of aliphatic hydroxyl groups excluding tert-OH is 1. The molecule has 0 aliphatic heterocycles. The van der Waals surface area contributed by atoms with Crippen LogP contribution in [0, 0.1) is 0 Å². The number of methoxy groups -OCH3 is 2. The minimum absolute atomic E-state index is 0.0341. The SMILES string of the molecule is COc1ccc(C(CC(C)NCC(O)C(OCc2ccccc2)c2cccc(NS(C)(=O)=O)c2)c2ccc(OC)cc2)cc1. The van der Waals surface area contributed by atoms with Gasteiger partial charge in [0.15, 0.2) is 0 Å². The third-order valence-electron chi connectivity index (χ3n) is 7.44. The van der Waals surface area contributed by atoms with Gasteiger partial charge in [-0.05, 0) is 72.0 Å². The van der Waals surface area contributed by atoms with Crippen LogP contribution in [-0.2, 0) is 21.4 Å². The predicted octanol–water partition coefficient (Wildman–Crippen LogP) is 5.89. The highest BCUT2D eigenvalue weighted by Crippen LogP contribution is 2.32. The first-order valence-electron chi connectivity index (χ1n) is 14.6. The molecule has 4 aromatic rings. The highest BCUT2D eigenvalue weighted by molar-refractivity contribution is 7.92. The third kappa shape index (κ3) is 9.82. The van der Waals surface area contributed by atoms with Gasteiger partial charge in [-0.2, -0.15) is 0 Å².